The third-order valence-electron chi connectivity index (χ3n) is 3.16. The van der Waals surface area contributed by atoms with E-state index < -0.39 is 0 Å². The maximum atomic E-state index is 12.0. The molecule has 1 rings (SSSR count). The van der Waals surface area contributed by atoms with E-state index in [4.69, 9.17) is 9.84 Å². The van der Waals surface area contributed by atoms with Crippen LogP contribution in [-0.4, -0.2) is 55.5 Å². The van der Waals surface area contributed by atoms with E-state index in [-0.39, 0.29) is 12.6 Å². The standard InChI is InChI=1S/C12H24N2O3/c1-17-10-8-14(7-9-15)12(16)13-11-5-3-2-4-6-11/h11,15H,2-10H2,1H3,(H,13,16). The lowest BCUT2D eigenvalue weighted by molar-refractivity contribution is 0.133. The molecule has 1 aliphatic carbocycles. The van der Waals surface area contributed by atoms with Crippen LogP contribution >= 0.6 is 0 Å². The zero-order chi connectivity index (χ0) is 12.5. The Bertz CT molecular complexity index is 218. The van der Waals surface area contributed by atoms with Crippen molar-refractivity contribution in [2.24, 2.45) is 0 Å². The SMILES string of the molecule is COCCN(CCO)C(=O)NC1CCCCC1. The number of hydrogen-bond donors (Lipinski definition) is 2. The van der Waals surface area contributed by atoms with Gasteiger partial charge in [0.15, 0.2) is 0 Å². The molecule has 0 aliphatic heterocycles. The zero-order valence-electron chi connectivity index (χ0n) is 10.7. The fraction of sp³-hybridized carbons (Fsp3) is 0.917. The van der Waals surface area contributed by atoms with E-state index in [9.17, 15) is 4.79 Å². The third-order valence-corrected chi connectivity index (χ3v) is 3.16. The number of nitrogens with one attached hydrogen (secondary N) is 1. The fourth-order valence-corrected chi connectivity index (χ4v) is 2.15. The first-order chi connectivity index (χ1) is 8.27. The van der Waals surface area contributed by atoms with Crippen LogP contribution in [0.3, 0.4) is 0 Å². The highest BCUT2D eigenvalue weighted by Crippen LogP contribution is 2.17. The normalized spacial score (nSPS) is 16.8. The maximum absolute atomic E-state index is 12.0. The smallest absolute Gasteiger partial charge is 0.317 e. The molecular weight excluding hydrogens is 220 g/mol. The predicted molar refractivity (Wildman–Crippen MR) is 65.9 cm³/mol. The first-order valence-electron chi connectivity index (χ1n) is 6.43. The van der Waals surface area contributed by atoms with Gasteiger partial charge in [0.2, 0.25) is 0 Å². The number of aliphatic hydroxyl groups excluding tert-OH is 1. The molecule has 5 nitrogen and oxygen atoms in total. The topological polar surface area (TPSA) is 61.8 Å². The van der Waals surface area contributed by atoms with Gasteiger partial charge in [-0.05, 0) is 12.8 Å². The Morgan fingerprint density at radius 3 is 2.65 bits per heavy atom. The van der Waals surface area contributed by atoms with Gasteiger partial charge in [0.1, 0.15) is 0 Å². The molecule has 0 aromatic carbocycles. The Morgan fingerprint density at radius 1 is 1.35 bits per heavy atom. The van der Waals surface area contributed by atoms with Gasteiger partial charge in [-0.3, -0.25) is 0 Å². The van der Waals surface area contributed by atoms with Gasteiger partial charge in [0.25, 0.3) is 0 Å². The number of carbonyl (C=O) groups is 1. The highest BCUT2D eigenvalue weighted by molar-refractivity contribution is 5.74. The van der Waals surface area contributed by atoms with Crippen LogP contribution in [0.2, 0.25) is 0 Å². The molecule has 5 heteroatoms. The van der Waals surface area contributed by atoms with E-state index in [2.05, 4.69) is 5.32 Å². The lowest BCUT2D eigenvalue weighted by Crippen LogP contribution is -2.47. The number of amides is 2. The van der Waals surface area contributed by atoms with E-state index in [0.717, 1.165) is 12.8 Å². The summed E-state index contributed by atoms with van der Waals surface area (Å²) in [5.41, 5.74) is 0. The molecule has 2 N–H and O–H groups in total. The van der Waals surface area contributed by atoms with Gasteiger partial charge in [-0.15, -0.1) is 0 Å². The number of carbonyl (C=O) groups excluding carboxylic acids is 1. The van der Waals surface area contributed by atoms with Gasteiger partial charge < -0.3 is 20.1 Å². The summed E-state index contributed by atoms with van der Waals surface area (Å²) < 4.78 is 4.96. The van der Waals surface area contributed by atoms with Crippen molar-refractivity contribution in [3.05, 3.63) is 0 Å². The first-order valence-corrected chi connectivity index (χ1v) is 6.43. The molecule has 1 aliphatic rings. The quantitative estimate of drug-likeness (QED) is 0.732. The largest absolute Gasteiger partial charge is 0.395 e. The van der Waals surface area contributed by atoms with Gasteiger partial charge in [-0.2, -0.15) is 0 Å². The van der Waals surface area contributed by atoms with Gasteiger partial charge in [-0.1, -0.05) is 19.3 Å². The molecule has 2 amide bonds. The molecule has 1 fully saturated rings. The molecule has 0 aromatic rings. The summed E-state index contributed by atoms with van der Waals surface area (Å²) in [6.07, 6.45) is 5.81. The lowest BCUT2D eigenvalue weighted by atomic mass is 9.96. The average molecular weight is 244 g/mol. The van der Waals surface area contributed by atoms with Crippen molar-refractivity contribution in [3.63, 3.8) is 0 Å². The lowest BCUT2D eigenvalue weighted by Gasteiger charge is -2.27. The minimum Gasteiger partial charge on any atom is -0.395 e. The average Bonchev–Trinajstić information content (AvgIpc) is 2.35. The summed E-state index contributed by atoms with van der Waals surface area (Å²) >= 11 is 0. The molecule has 0 bridgehead atoms. The number of nitrogens with zero attached hydrogens (tertiary/aromatic N) is 1. The van der Waals surface area contributed by atoms with E-state index >= 15 is 0 Å². The second kappa shape index (κ2) is 8.31. The van der Waals surface area contributed by atoms with Crippen molar-refractivity contribution in [1.29, 1.82) is 0 Å². The number of urea groups is 1. The van der Waals surface area contributed by atoms with Crippen molar-refractivity contribution < 1.29 is 14.6 Å². The number of ether oxygens (including phenoxy) is 1. The molecule has 100 valence electrons. The summed E-state index contributed by atoms with van der Waals surface area (Å²) in [5, 5.41) is 12.0. The van der Waals surface area contributed by atoms with Crippen molar-refractivity contribution >= 4 is 6.03 Å². The van der Waals surface area contributed by atoms with Crippen LogP contribution in [0, 0.1) is 0 Å². The van der Waals surface area contributed by atoms with Crippen LogP contribution < -0.4 is 5.32 Å². The molecule has 0 atom stereocenters. The van der Waals surface area contributed by atoms with Crippen molar-refractivity contribution in [2.45, 2.75) is 38.1 Å². The monoisotopic (exact) mass is 244 g/mol. The Balaban J connectivity index is 2.34. The summed E-state index contributed by atoms with van der Waals surface area (Å²) in [5.74, 6) is 0. The third kappa shape index (κ3) is 5.37. The van der Waals surface area contributed by atoms with E-state index in [0.29, 0.717) is 25.7 Å². The number of hydrogen-bond acceptors (Lipinski definition) is 3. The first kappa shape index (κ1) is 14.3. The fourth-order valence-electron chi connectivity index (χ4n) is 2.15. The Hall–Kier alpha value is -0.810. The molecule has 17 heavy (non-hydrogen) atoms. The molecule has 0 saturated heterocycles. The van der Waals surface area contributed by atoms with Crippen LogP contribution in [0.1, 0.15) is 32.1 Å². The van der Waals surface area contributed by atoms with E-state index in [1.54, 1.807) is 12.0 Å². The van der Waals surface area contributed by atoms with Crippen LogP contribution in [0.15, 0.2) is 0 Å². The Kier molecular flexibility index (Phi) is 6.96. The van der Waals surface area contributed by atoms with Crippen molar-refractivity contribution in [2.75, 3.05) is 33.4 Å². The van der Waals surface area contributed by atoms with Crippen LogP contribution in [0.25, 0.3) is 0 Å². The van der Waals surface area contributed by atoms with E-state index in [1.807, 2.05) is 0 Å². The number of aliphatic hydroxyl groups is 1. The predicted octanol–water partition coefficient (Wildman–Crippen LogP) is 0.969. The minimum atomic E-state index is -0.0806. The highest BCUT2D eigenvalue weighted by Gasteiger charge is 2.19. The number of rotatable bonds is 6. The molecule has 0 radical (unpaired) electrons. The summed E-state index contributed by atoms with van der Waals surface area (Å²) in [6, 6.07) is 0.225. The maximum Gasteiger partial charge on any atom is 0.317 e. The summed E-state index contributed by atoms with van der Waals surface area (Å²) in [6.45, 7) is 1.37. The molecule has 0 spiro atoms. The molecule has 1 saturated carbocycles. The van der Waals surface area contributed by atoms with E-state index in [1.165, 1.54) is 19.3 Å². The summed E-state index contributed by atoms with van der Waals surface area (Å²) in [4.78, 5) is 13.6. The van der Waals surface area contributed by atoms with Gasteiger partial charge in [0.05, 0.1) is 13.2 Å². The Morgan fingerprint density at radius 2 is 2.06 bits per heavy atom. The number of methoxy groups -OCH3 is 1. The molecule has 0 heterocycles. The highest BCUT2D eigenvalue weighted by atomic mass is 16.5. The van der Waals surface area contributed by atoms with Gasteiger partial charge >= 0.3 is 6.03 Å². The Labute approximate surface area is 103 Å². The van der Waals surface area contributed by atoms with Crippen LogP contribution in [-0.2, 0) is 4.74 Å². The van der Waals surface area contributed by atoms with Crippen molar-refractivity contribution in [3.8, 4) is 0 Å². The minimum absolute atomic E-state index is 0.0121. The van der Waals surface area contributed by atoms with Crippen molar-refractivity contribution in [1.82, 2.24) is 10.2 Å². The second-order valence-corrected chi connectivity index (χ2v) is 4.49. The van der Waals surface area contributed by atoms with Gasteiger partial charge in [0, 0.05) is 26.2 Å². The summed E-state index contributed by atoms with van der Waals surface area (Å²) in [7, 11) is 1.61. The molecular formula is C12H24N2O3. The molecule has 0 aromatic heterocycles. The van der Waals surface area contributed by atoms with Crippen LogP contribution in [0.5, 0.6) is 0 Å². The second-order valence-electron chi connectivity index (χ2n) is 4.49. The van der Waals surface area contributed by atoms with Crippen LogP contribution in [0.4, 0.5) is 4.79 Å². The van der Waals surface area contributed by atoms with Gasteiger partial charge in [-0.25, -0.2) is 4.79 Å². The zero-order valence-corrected chi connectivity index (χ0v) is 10.7. The molecule has 0 unspecified atom stereocenters.